The second kappa shape index (κ2) is 9.79. The van der Waals surface area contributed by atoms with Crippen molar-refractivity contribution in [1.29, 1.82) is 0 Å². The minimum Gasteiger partial charge on any atom is -0.493 e. The number of hydrogen-bond acceptors (Lipinski definition) is 6. The summed E-state index contributed by atoms with van der Waals surface area (Å²) < 4.78 is 39.5. The Labute approximate surface area is 211 Å². The van der Waals surface area contributed by atoms with Gasteiger partial charge in [-0.3, -0.25) is 4.79 Å². The highest BCUT2D eigenvalue weighted by Crippen LogP contribution is 2.50. The van der Waals surface area contributed by atoms with Crippen LogP contribution in [0.4, 0.5) is 5.69 Å². The van der Waals surface area contributed by atoms with Gasteiger partial charge >= 0.3 is 5.97 Å². The zero-order chi connectivity index (χ0) is 25.3. The summed E-state index contributed by atoms with van der Waals surface area (Å²) in [4.78, 5) is 11.7. The SMILES string of the molecule is COc1cc(C2Nc3ccc(S(=O)(=O)NCc4ccccc4)cc3C3C=CCC32)ccc1OC(C)=O. The minimum absolute atomic E-state index is 0.0172. The van der Waals surface area contributed by atoms with Crippen LogP contribution in [-0.2, 0) is 21.4 Å². The molecule has 0 saturated heterocycles. The second-order valence-electron chi connectivity index (χ2n) is 9.04. The van der Waals surface area contributed by atoms with Gasteiger partial charge < -0.3 is 14.8 Å². The van der Waals surface area contributed by atoms with Crippen molar-refractivity contribution in [2.24, 2.45) is 5.92 Å². The Kier molecular flexibility index (Phi) is 6.55. The Morgan fingerprint density at radius 1 is 1.06 bits per heavy atom. The number of anilines is 1. The summed E-state index contributed by atoms with van der Waals surface area (Å²) in [6, 6.07) is 20.3. The number of methoxy groups -OCH3 is 1. The fourth-order valence-electron chi connectivity index (χ4n) is 5.04. The number of esters is 1. The van der Waals surface area contributed by atoms with Crippen molar-refractivity contribution >= 4 is 21.7 Å². The zero-order valence-corrected chi connectivity index (χ0v) is 20.9. The number of carbonyl (C=O) groups is 1. The summed E-state index contributed by atoms with van der Waals surface area (Å²) >= 11 is 0. The number of hydrogen-bond donors (Lipinski definition) is 2. The van der Waals surface area contributed by atoms with Crippen LogP contribution >= 0.6 is 0 Å². The van der Waals surface area contributed by atoms with Gasteiger partial charge in [-0.15, -0.1) is 0 Å². The van der Waals surface area contributed by atoms with Crippen LogP contribution in [0.1, 0.15) is 42.0 Å². The lowest BCUT2D eigenvalue weighted by Gasteiger charge is -2.38. The summed E-state index contributed by atoms with van der Waals surface area (Å²) in [5.41, 5.74) is 3.78. The largest absolute Gasteiger partial charge is 0.493 e. The molecule has 0 amide bonds. The molecule has 0 spiro atoms. The van der Waals surface area contributed by atoms with Crippen LogP contribution in [0, 0.1) is 5.92 Å². The van der Waals surface area contributed by atoms with Crippen LogP contribution in [0.3, 0.4) is 0 Å². The molecule has 0 radical (unpaired) electrons. The Morgan fingerprint density at radius 2 is 1.86 bits per heavy atom. The number of allylic oxidation sites excluding steroid dienone is 2. The molecule has 0 fully saturated rings. The molecule has 186 valence electrons. The average Bonchev–Trinajstić information content (AvgIpc) is 3.38. The average molecular weight is 505 g/mol. The van der Waals surface area contributed by atoms with Crippen LogP contribution in [0.15, 0.2) is 83.8 Å². The molecule has 3 unspecified atom stereocenters. The van der Waals surface area contributed by atoms with Crippen LogP contribution in [0.25, 0.3) is 0 Å². The fourth-order valence-corrected chi connectivity index (χ4v) is 6.10. The van der Waals surface area contributed by atoms with Gasteiger partial charge in [0.25, 0.3) is 0 Å². The Morgan fingerprint density at radius 3 is 2.61 bits per heavy atom. The first kappa shape index (κ1) is 24.1. The van der Waals surface area contributed by atoms with Gasteiger partial charge in [-0.25, -0.2) is 13.1 Å². The molecule has 3 aromatic carbocycles. The van der Waals surface area contributed by atoms with E-state index in [1.807, 2.05) is 48.5 Å². The van der Waals surface area contributed by atoms with E-state index < -0.39 is 16.0 Å². The third kappa shape index (κ3) is 4.74. The van der Waals surface area contributed by atoms with Gasteiger partial charge in [-0.2, -0.15) is 0 Å². The quantitative estimate of drug-likeness (QED) is 0.269. The fraction of sp³-hybridized carbons (Fsp3) is 0.250. The minimum atomic E-state index is -3.67. The van der Waals surface area contributed by atoms with Crippen molar-refractivity contribution in [3.8, 4) is 11.5 Å². The molecule has 8 heteroatoms. The summed E-state index contributed by atoms with van der Waals surface area (Å²) in [5, 5.41) is 3.61. The molecule has 1 aliphatic heterocycles. The van der Waals surface area contributed by atoms with Crippen LogP contribution in [-0.4, -0.2) is 21.5 Å². The molecule has 3 atom stereocenters. The number of nitrogens with one attached hydrogen (secondary N) is 2. The molecule has 7 nitrogen and oxygen atoms in total. The van der Waals surface area contributed by atoms with Crippen molar-refractivity contribution in [3.05, 3.63) is 95.6 Å². The number of sulfonamides is 1. The molecule has 1 heterocycles. The maximum atomic E-state index is 13.0. The molecule has 0 aromatic heterocycles. The van der Waals surface area contributed by atoms with Gasteiger partial charge in [0.15, 0.2) is 11.5 Å². The molecule has 2 aliphatic rings. The van der Waals surface area contributed by atoms with E-state index in [0.29, 0.717) is 11.5 Å². The number of rotatable bonds is 7. The van der Waals surface area contributed by atoms with Crippen molar-refractivity contribution < 1.29 is 22.7 Å². The Balaban J connectivity index is 1.42. The highest BCUT2D eigenvalue weighted by molar-refractivity contribution is 7.89. The number of benzene rings is 3. The van der Waals surface area contributed by atoms with E-state index in [1.165, 1.54) is 6.92 Å². The van der Waals surface area contributed by atoms with Crippen LogP contribution in [0.2, 0.25) is 0 Å². The van der Waals surface area contributed by atoms with Crippen molar-refractivity contribution in [2.45, 2.75) is 36.7 Å². The van der Waals surface area contributed by atoms with E-state index >= 15 is 0 Å². The number of carbonyl (C=O) groups excluding carboxylic acids is 1. The maximum absolute atomic E-state index is 13.0. The van der Waals surface area contributed by atoms with Crippen LogP contribution in [0.5, 0.6) is 11.5 Å². The highest BCUT2D eigenvalue weighted by Gasteiger charge is 2.38. The topological polar surface area (TPSA) is 93.7 Å². The Bertz CT molecular complexity index is 1420. The van der Waals surface area contributed by atoms with E-state index in [1.54, 1.807) is 25.3 Å². The van der Waals surface area contributed by atoms with E-state index in [-0.39, 0.29) is 29.3 Å². The first-order chi connectivity index (χ1) is 17.4. The molecule has 2 N–H and O–H groups in total. The van der Waals surface area contributed by atoms with Gasteiger partial charge in [0.1, 0.15) is 0 Å². The second-order valence-corrected chi connectivity index (χ2v) is 10.8. The summed E-state index contributed by atoms with van der Waals surface area (Å²) in [6.45, 7) is 1.59. The lowest BCUT2D eigenvalue weighted by atomic mass is 9.77. The van der Waals surface area contributed by atoms with E-state index in [9.17, 15) is 13.2 Å². The van der Waals surface area contributed by atoms with Crippen LogP contribution < -0.4 is 19.5 Å². The first-order valence-electron chi connectivity index (χ1n) is 11.8. The first-order valence-corrected chi connectivity index (χ1v) is 13.3. The Hall–Kier alpha value is -3.62. The number of fused-ring (bicyclic) bond motifs is 3. The highest BCUT2D eigenvalue weighted by atomic mass is 32.2. The van der Waals surface area contributed by atoms with E-state index in [0.717, 1.165) is 28.8 Å². The van der Waals surface area contributed by atoms with Crippen molar-refractivity contribution in [3.63, 3.8) is 0 Å². The van der Waals surface area contributed by atoms with Gasteiger partial charge in [-0.1, -0.05) is 48.6 Å². The monoisotopic (exact) mass is 504 g/mol. The predicted molar refractivity (Wildman–Crippen MR) is 138 cm³/mol. The standard InChI is InChI=1S/C28H28N2O5S/c1-18(31)35-26-14-11-20(15-27(26)34-2)28-23-10-6-9-22(23)24-16-21(12-13-25(24)30-28)36(32,33)29-17-19-7-4-3-5-8-19/h3-9,11-16,22-23,28-30H,10,17H2,1-2H3. The normalized spacial score (nSPS) is 20.2. The van der Waals surface area contributed by atoms with E-state index in [2.05, 4.69) is 22.2 Å². The lowest BCUT2D eigenvalue weighted by Crippen LogP contribution is -2.30. The molecule has 0 saturated carbocycles. The molecule has 36 heavy (non-hydrogen) atoms. The van der Waals surface area contributed by atoms with Gasteiger partial charge in [-0.05, 0) is 59.4 Å². The smallest absolute Gasteiger partial charge is 0.308 e. The summed E-state index contributed by atoms with van der Waals surface area (Å²) in [7, 11) is -2.12. The van der Waals surface area contributed by atoms with Gasteiger partial charge in [0.2, 0.25) is 10.0 Å². The maximum Gasteiger partial charge on any atom is 0.308 e. The molecular weight excluding hydrogens is 476 g/mol. The third-order valence-electron chi connectivity index (χ3n) is 6.75. The van der Waals surface area contributed by atoms with E-state index in [4.69, 9.17) is 9.47 Å². The van der Waals surface area contributed by atoms with Gasteiger partial charge in [0, 0.05) is 25.1 Å². The number of ether oxygens (including phenoxy) is 2. The zero-order valence-electron chi connectivity index (χ0n) is 20.1. The lowest BCUT2D eigenvalue weighted by molar-refractivity contribution is -0.132. The molecule has 1 aliphatic carbocycles. The summed E-state index contributed by atoms with van der Waals surface area (Å²) in [6.07, 6.45) is 5.17. The molecular formula is C28H28N2O5S. The predicted octanol–water partition coefficient (Wildman–Crippen LogP) is 4.93. The molecule has 3 aromatic rings. The summed E-state index contributed by atoms with van der Waals surface area (Å²) in [5.74, 6) is 0.745. The van der Waals surface area contributed by atoms with Crippen molar-refractivity contribution in [1.82, 2.24) is 4.72 Å². The molecule has 5 rings (SSSR count). The van der Waals surface area contributed by atoms with Gasteiger partial charge in [0.05, 0.1) is 18.0 Å². The molecule has 0 bridgehead atoms. The third-order valence-corrected chi connectivity index (χ3v) is 8.15. The van der Waals surface area contributed by atoms with Crippen molar-refractivity contribution in [2.75, 3.05) is 12.4 Å².